The average Bonchev–Trinajstić information content (AvgIpc) is 2.73. The maximum Gasteiger partial charge on any atom is 0.234 e. The van der Waals surface area contributed by atoms with Gasteiger partial charge >= 0.3 is 0 Å². The number of carbonyl (C=O) groups excluding carboxylic acids is 1. The van der Waals surface area contributed by atoms with E-state index < -0.39 is 0 Å². The SMILES string of the molecule is COc1ccc(CCC2CCN(CC(=O)NCc3ccccc3F)CC2)cc1. The number of benzene rings is 2. The Bertz CT molecular complexity index is 755. The van der Waals surface area contributed by atoms with Crippen molar-refractivity contribution in [1.82, 2.24) is 10.2 Å². The van der Waals surface area contributed by atoms with Gasteiger partial charge in [0.25, 0.3) is 0 Å². The van der Waals surface area contributed by atoms with Crippen molar-refractivity contribution in [2.45, 2.75) is 32.2 Å². The molecule has 1 aliphatic rings. The lowest BCUT2D eigenvalue weighted by Crippen LogP contribution is -2.41. The standard InChI is InChI=1S/C23H29FN2O2/c1-28-21-10-8-18(9-11-21)6-7-19-12-14-26(15-13-19)17-23(27)25-16-20-4-2-3-5-22(20)24/h2-5,8-11,19H,6-7,12-17H2,1H3,(H,25,27). The van der Waals surface area contributed by atoms with E-state index in [9.17, 15) is 9.18 Å². The molecule has 0 unspecified atom stereocenters. The third kappa shape index (κ3) is 6.06. The Hall–Kier alpha value is -2.40. The number of carbonyl (C=O) groups is 1. The number of aryl methyl sites for hydroxylation is 1. The molecule has 1 heterocycles. The number of nitrogens with zero attached hydrogens (tertiary/aromatic N) is 1. The number of nitrogens with one attached hydrogen (secondary N) is 1. The largest absolute Gasteiger partial charge is 0.497 e. The summed E-state index contributed by atoms with van der Waals surface area (Å²) >= 11 is 0. The first kappa shape index (κ1) is 20.3. The number of hydrogen-bond acceptors (Lipinski definition) is 3. The van der Waals surface area contributed by atoms with Crippen LogP contribution in [-0.4, -0.2) is 37.6 Å². The van der Waals surface area contributed by atoms with Gasteiger partial charge in [-0.25, -0.2) is 4.39 Å². The average molecular weight is 384 g/mol. The molecule has 5 heteroatoms. The molecule has 2 aromatic rings. The van der Waals surface area contributed by atoms with Gasteiger partial charge in [-0.2, -0.15) is 0 Å². The summed E-state index contributed by atoms with van der Waals surface area (Å²) in [4.78, 5) is 14.3. The van der Waals surface area contributed by atoms with E-state index in [1.807, 2.05) is 12.1 Å². The summed E-state index contributed by atoms with van der Waals surface area (Å²) < 4.78 is 18.8. The Labute approximate surface area is 166 Å². The fraction of sp³-hybridized carbons (Fsp3) is 0.435. The smallest absolute Gasteiger partial charge is 0.234 e. The van der Waals surface area contributed by atoms with Gasteiger partial charge < -0.3 is 10.1 Å². The van der Waals surface area contributed by atoms with Crippen LogP contribution >= 0.6 is 0 Å². The van der Waals surface area contributed by atoms with Crippen LogP contribution in [0.3, 0.4) is 0 Å². The quantitative estimate of drug-likeness (QED) is 0.753. The number of methoxy groups -OCH3 is 1. The molecule has 4 nitrogen and oxygen atoms in total. The molecular formula is C23H29FN2O2. The van der Waals surface area contributed by atoms with Crippen LogP contribution in [0.1, 0.15) is 30.4 Å². The van der Waals surface area contributed by atoms with Gasteiger partial charge in [0.1, 0.15) is 11.6 Å². The fourth-order valence-electron chi connectivity index (χ4n) is 3.69. The van der Waals surface area contributed by atoms with Crippen LogP contribution in [0, 0.1) is 11.7 Å². The molecule has 0 atom stereocenters. The van der Waals surface area contributed by atoms with Crippen molar-refractivity contribution < 1.29 is 13.9 Å². The highest BCUT2D eigenvalue weighted by Crippen LogP contribution is 2.23. The molecule has 1 N–H and O–H groups in total. The third-order valence-corrected chi connectivity index (χ3v) is 5.51. The molecule has 0 aromatic heterocycles. The summed E-state index contributed by atoms with van der Waals surface area (Å²) in [6.45, 7) is 2.52. The van der Waals surface area contributed by atoms with E-state index in [-0.39, 0.29) is 18.3 Å². The highest BCUT2D eigenvalue weighted by Gasteiger charge is 2.20. The van der Waals surface area contributed by atoms with E-state index in [1.165, 1.54) is 18.1 Å². The molecule has 0 saturated carbocycles. The molecule has 28 heavy (non-hydrogen) atoms. The van der Waals surface area contributed by atoms with Crippen LogP contribution in [0.25, 0.3) is 0 Å². The van der Waals surface area contributed by atoms with Gasteiger partial charge in [0.2, 0.25) is 5.91 Å². The van der Waals surface area contributed by atoms with Gasteiger partial charge in [-0.15, -0.1) is 0 Å². The van der Waals surface area contributed by atoms with Crippen molar-refractivity contribution in [2.24, 2.45) is 5.92 Å². The Kier molecular flexibility index (Phi) is 7.43. The lowest BCUT2D eigenvalue weighted by molar-refractivity contribution is -0.122. The zero-order valence-corrected chi connectivity index (χ0v) is 16.5. The minimum absolute atomic E-state index is 0.0417. The van der Waals surface area contributed by atoms with Crippen molar-refractivity contribution >= 4 is 5.91 Å². The monoisotopic (exact) mass is 384 g/mol. The summed E-state index contributed by atoms with van der Waals surface area (Å²) in [6.07, 6.45) is 4.50. The van der Waals surface area contributed by atoms with Gasteiger partial charge in [-0.05, 0) is 68.5 Å². The van der Waals surface area contributed by atoms with Crippen LogP contribution in [0.15, 0.2) is 48.5 Å². The predicted molar refractivity (Wildman–Crippen MR) is 109 cm³/mol. The summed E-state index contributed by atoms with van der Waals surface area (Å²) in [6, 6.07) is 14.8. The zero-order chi connectivity index (χ0) is 19.8. The normalized spacial score (nSPS) is 15.4. The maximum absolute atomic E-state index is 13.6. The van der Waals surface area contributed by atoms with Gasteiger partial charge in [0, 0.05) is 12.1 Å². The first-order valence-corrected chi connectivity index (χ1v) is 9.99. The number of ether oxygens (including phenoxy) is 1. The van der Waals surface area contributed by atoms with E-state index in [0.717, 1.165) is 38.1 Å². The van der Waals surface area contributed by atoms with Gasteiger partial charge in [0.15, 0.2) is 0 Å². The molecule has 3 rings (SSSR count). The molecule has 1 fully saturated rings. The van der Waals surface area contributed by atoms with E-state index in [0.29, 0.717) is 18.0 Å². The van der Waals surface area contributed by atoms with Crippen LogP contribution in [-0.2, 0) is 17.8 Å². The number of rotatable bonds is 8. The fourth-order valence-corrected chi connectivity index (χ4v) is 3.69. The maximum atomic E-state index is 13.6. The number of amides is 1. The van der Waals surface area contributed by atoms with Crippen LogP contribution in [0.4, 0.5) is 4.39 Å². The minimum Gasteiger partial charge on any atom is -0.497 e. The molecule has 150 valence electrons. The first-order chi connectivity index (χ1) is 13.6. The van der Waals surface area contributed by atoms with Crippen LogP contribution in [0.2, 0.25) is 0 Å². The summed E-state index contributed by atoms with van der Waals surface area (Å²) in [5.74, 6) is 1.28. The number of likely N-dealkylation sites (tertiary alicyclic amines) is 1. The summed E-state index contributed by atoms with van der Waals surface area (Å²) in [5, 5.41) is 2.82. The Morgan fingerprint density at radius 1 is 1.14 bits per heavy atom. The van der Waals surface area contributed by atoms with Crippen molar-refractivity contribution in [3.63, 3.8) is 0 Å². The van der Waals surface area contributed by atoms with Crippen molar-refractivity contribution in [3.05, 3.63) is 65.5 Å². The Balaban J connectivity index is 1.34. The van der Waals surface area contributed by atoms with Gasteiger partial charge in [-0.3, -0.25) is 9.69 Å². The first-order valence-electron chi connectivity index (χ1n) is 9.99. The molecule has 1 saturated heterocycles. The van der Waals surface area contributed by atoms with Crippen molar-refractivity contribution in [3.8, 4) is 5.75 Å². The zero-order valence-electron chi connectivity index (χ0n) is 16.5. The van der Waals surface area contributed by atoms with Crippen LogP contribution in [0.5, 0.6) is 5.75 Å². The second kappa shape index (κ2) is 10.2. The molecule has 1 amide bonds. The van der Waals surface area contributed by atoms with E-state index in [1.54, 1.807) is 25.3 Å². The van der Waals surface area contributed by atoms with Gasteiger partial charge in [0.05, 0.1) is 13.7 Å². The molecule has 0 aliphatic carbocycles. The minimum atomic E-state index is -0.277. The van der Waals surface area contributed by atoms with Crippen molar-refractivity contribution in [2.75, 3.05) is 26.7 Å². The molecule has 0 spiro atoms. The third-order valence-electron chi connectivity index (χ3n) is 5.51. The predicted octanol–water partition coefficient (Wildman–Crippen LogP) is 3.80. The van der Waals surface area contributed by atoms with Crippen molar-refractivity contribution in [1.29, 1.82) is 0 Å². The number of piperidine rings is 1. The van der Waals surface area contributed by atoms with E-state index in [4.69, 9.17) is 4.74 Å². The molecule has 1 aliphatic heterocycles. The Morgan fingerprint density at radius 3 is 2.54 bits per heavy atom. The van der Waals surface area contributed by atoms with E-state index in [2.05, 4.69) is 22.3 Å². The topological polar surface area (TPSA) is 41.6 Å². The highest BCUT2D eigenvalue weighted by atomic mass is 19.1. The molecular weight excluding hydrogens is 355 g/mol. The highest BCUT2D eigenvalue weighted by molar-refractivity contribution is 5.78. The lowest BCUT2D eigenvalue weighted by Gasteiger charge is -2.31. The second-order valence-electron chi connectivity index (χ2n) is 7.47. The van der Waals surface area contributed by atoms with Crippen LogP contribution < -0.4 is 10.1 Å². The lowest BCUT2D eigenvalue weighted by atomic mass is 9.90. The molecule has 0 bridgehead atoms. The summed E-state index contributed by atoms with van der Waals surface area (Å²) in [5.41, 5.74) is 1.86. The summed E-state index contributed by atoms with van der Waals surface area (Å²) in [7, 11) is 1.68. The second-order valence-corrected chi connectivity index (χ2v) is 7.47. The van der Waals surface area contributed by atoms with E-state index >= 15 is 0 Å². The number of halogens is 1. The number of hydrogen-bond donors (Lipinski definition) is 1. The van der Waals surface area contributed by atoms with Gasteiger partial charge in [-0.1, -0.05) is 30.3 Å². The molecule has 2 aromatic carbocycles. The molecule has 0 radical (unpaired) electrons. The Morgan fingerprint density at radius 2 is 1.86 bits per heavy atom.